The highest BCUT2D eigenvalue weighted by Gasteiger charge is 2.16. The second-order valence-electron chi connectivity index (χ2n) is 9.50. The van der Waals surface area contributed by atoms with Gasteiger partial charge in [-0.15, -0.1) is 0 Å². The largest absolute Gasteiger partial charge is 0.388 e. The standard InChI is InChI=1S/C33H46N2/c1-6-24-35-28(4)27(3)16-14-17-29(7-2)25-30(26-34-5)18-15-23-33(31-19-10-8-11-20-31)32-21-12-9-13-22-32/h7-14,16-17,19-22,27,30,33-35H,2,4,6,15,18,23-26H2,1,3,5H3/b16-14-,29-17+. The topological polar surface area (TPSA) is 24.1 Å². The van der Waals surface area contributed by atoms with Crippen LogP contribution in [-0.2, 0) is 0 Å². The van der Waals surface area contributed by atoms with Crippen LogP contribution in [0.2, 0.25) is 0 Å². The molecule has 0 radical (unpaired) electrons. The maximum Gasteiger partial charge on any atom is 0.0141 e. The monoisotopic (exact) mass is 470 g/mol. The van der Waals surface area contributed by atoms with E-state index in [0.29, 0.717) is 17.8 Å². The summed E-state index contributed by atoms with van der Waals surface area (Å²) in [5, 5.41) is 6.80. The molecule has 35 heavy (non-hydrogen) atoms. The third kappa shape index (κ3) is 10.5. The van der Waals surface area contributed by atoms with E-state index in [-0.39, 0.29) is 0 Å². The Bertz CT molecular complexity index is 871. The molecule has 0 aromatic heterocycles. The average molecular weight is 471 g/mol. The first kappa shape index (κ1) is 28.4. The summed E-state index contributed by atoms with van der Waals surface area (Å²) in [5.41, 5.74) is 5.19. The molecule has 0 heterocycles. The van der Waals surface area contributed by atoms with Crippen LogP contribution in [0.3, 0.4) is 0 Å². The first-order chi connectivity index (χ1) is 17.1. The zero-order chi connectivity index (χ0) is 25.3. The molecule has 0 saturated heterocycles. The molecular formula is C33H46N2. The molecule has 2 heteroatoms. The number of benzene rings is 2. The lowest BCUT2D eigenvalue weighted by molar-refractivity contribution is 0.434. The Labute approximate surface area is 214 Å². The molecule has 188 valence electrons. The van der Waals surface area contributed by atoms with Gasteiger partial charge in [-0.1, -0.05) is 118 Å². The third-order valence-corrected chi connectivity index (χ3v) is 6.65. The van der Waals surface area contributed by atoms with Crippen LogP contribution < -0.4 is 10.6 Å². The van der Waals surface area contributed by atoms with Crippen molar-refractivity contribution in [1.29, 1.82) is 0 Å². The van der Waals surface area contributed by atoms with Crippen molar-refractivity contribution >= 4 is 0 Å². The van der Waals surface area contributed by atoms with E-state index < -0.39 is 0 Å². The predicted molar refractivity (Wildman–Crippen MR) is 155 cm³/mol. The van der Waals surface area contributed by atoms with E-state index >= 15 is 0 Å². The van der Waals surface area contributed by atoms with Gasteiger partial charge in [0, 0.05) is 24.1 Å². The van der Waals surface area contributed by atoms with Gasteiger partial charge in [-0.3, -0.25) is 0 Å². The van der Waals surface area contributed by atoms with Crippen molar-refractivity contribution in [2.75, 3.05) is 20.1 Å². The van der Waals surface area contributed by atoms with Crippen LogP contribution in [0.4, 0.5) is 0 Å². The first-order valence-corrected chi connectivity index (χ1v) is 13.3. The summed E-state index contributed by atoms with van der Waals surface area (Å²) in [7, 11) is 2.05. The lowest BCUT2D eigenvalue weighted by atomic mass is 9.85. The Morgan fingerprint density at radius 3 is 2.14 bits per heavy atom. The Kier molecular flexibility index (Phi) is 13.6. The van der Waals surface area contributed by atoms with Gasteiger partial charge in [0.15, 0.2) is 0 Å². The van der Waals surface area contributed by atoms with Gasteiger partial charge < -0.3 is 10.6 Å². The van der Waals surface area contributed by atoms with Crippen molar-refractivity contribution in [3.63, 3.8) is 0 Å². The average Bonchev–Trinajstić information content (AvgIpc) is 2.89. The van der Waals surface area contributed by atoms with E-state index in [2.05, 4.69) is 124 Å². The number of hydrogen-bond donors (Lipinski definition) is 2. The minimum absolute atomic E-state index is 0.310. The van der Waals surface area contributed by atoms with Gasteiger partial charge in [0.1, 0.15) is 0 Å². The van der Waals surface area contributed by atoms with Gasteiger partial charge in [0.25, 0.3) is 0 Å². The fraction of sp³-hybridized carbons (Fsp3) is 0.394. The van der Waals surface area contributed by atoms with E-state index in [4.69, 9.17) is 0 Å². The summed E-state index contributed by atoms with van der Waals surface area (Å²) in [6.07, 6.45) is 14.3. The molecular weight excluding hydrogens is 424 g/mol. The SMILES string of the molecule is C=C/C(=C\C=C/C(C)C(=C)NCCC)CC(CCCC(c1ccccc1)c1ccccc1)CNC. The molecule has 2 atom stereocenters. The number of nitrogens with one attached hydrogen (secondary N) is 2. The quantitative estimate of drug-likeness (QED) is 0.229. The molecule has 0 aliphatic carbocycles. The lowest BCUT2D eigenvalue weighted by Gasteiger charge is -2.21. The summed E-state index contributed by atoms with van der Waals surface area (Å²) in [6, 6.07) is 21.9. The first-order valence-electron chi connectivity index (χ1n) is 13.3. The molecule has 0 spiro atoms. The van der Waals surface area contributed by atoms with Crippen molar-refractivity contribution in [3.05, 3.63) is 121 Å². The maximum absolute atomic E-state index is 4.16. The minimum Gasteiger partial charge on any atom is -0.388 e. The second kappa shape index (κ2) is 16.7. The van der Waals surface area contributed by atoms with Crippen LogP contribution in [0.1, 0.15) is 63.0 Å². The van der Waals surface area contributed by atoms with Gasteiger partial charge in [-0.25, -0.2) is 0 Å². The minimum atomic E-state index is 0.310. The molecule has 0 aliphatic heterocycles. The van der Waals surface area contributed by atoms with E-state index in [1.54, 1.807) is 0 Å². The van der Waals surface area contributed by atoms with E-state index in [9.17, 15) is 0 Å². The van der Waals surface area contributed by atoms with Crippen LogP contribution in [0.5, 0.6) is 0 Å². The molecule has 2 rings (SSSR count). The van der Waals surface area contributed by atoms with Crippen LogP contribution in [0.15, 0.2) is 109 Å². The highest BCUT2D eigenvalue weighted by Crippen LogP contribution is 2.31. The molecule has 2 nitrogen and oxygen atoms in total. The van der Waals surface area contributed by atoms with Crippen molar-refractivity contribution in [2.24, 2.45) is 11.8 Å². The summed E-state index contributed by atoms with van der Waals surface area (Å²) in [5.74, 6) is 1.34. The Balaban J connectivity index is 1.98. The normalized spacial score (nSPS) is 13.7. The maximum atomic E-state index is 4.16. The lowest BCUT2D eigenvalue weighted by Crippen LogP contribution is -2.19. The van der Waals surface area contributed by atoms with Crippen molar-refractivity contribution < 1.29 is 0 Å². The summed E-state index contributed by atoms with van der Waals surface area (Å²) >= 11 is 0. The van der Waals surface area contributed by atoms with Gasteiger partial charge in [-0.2, -0.15) is 0 Å². The van der Waals surface area contributed by atoms with E-state index in [1.165, 1.54) is 29.5 Å². The van der Waals surface area contributed by atoms with Gasteiger partial charge >= 0.3 is 0 Å². The molecule has 0 bridgehead atoms. The van der Waals surface area contributed by atoms with Gasteiger partial charge in [-0.05, 0) is 61.9 Å². The molecule has 0 saturated carbocycles. The number of allylic oxidation sites excluding steroid dienone is 5. The number of hydrogen-bond acceptors (Lipinski definition) is 2. The van der Waals surface area contributed by atoms with Crippen LogP contribution in [-0.4, -0.2) is 20.1 Å². The Morgan fingerprint density at radius 2 is 1.60 bits per heavy atom. The number of rotatable bonds is 17. The third-order valence-electron chi connectivity index (χ3n) is 6.65. The molecule has 0 fully saturated rings. The molecule has 2 N–H and O–H groups in total. The molecule has 2 unspecified atom stereocenters. The van der Waals surface area contributed by atoms with E-state index in [0.717, 1.165) is 38.0 Å². The zero-order valence-electron chi connectivity index (χ0n) is 22.2. The van der Waals surface area contributed by atoms with Crippen molar-refractivity contribution in [1.82, 2.24) is 10.6 Å². The summed E-state index contributed by atoms with van der Waals surface area (Å²) < 4.78 is 0. The zero-order valence-corrected chi connectivity index (χ0v) is 22.2. The van der Waals surface area contributed by atoms with Crippen molar-refractivity contribution in [3.8, 4) is 0 Å². The smallest absolute Gasteiger partial charge is 0.0141 e. The molecule has 2 aromatic rings. The molecule has 0 aliphatic rings. The molecule has 2 aromatic carbocycles. The molecule has 0 amide bonds. The predicted octanol–water partition coefficient (Wildman–Crippen LogP) is 8.03. The highest BCUT2D eigenvalue weighted by molar-refractivity contribution is 5.32. The van der Waals surface area contributed by atoms with Crippen molar-refractivity contribution in [2.45, 2.75) is 51.9 Å². The van der Waals surface area contributed by atoms with Gasteiger partial charge in [0.05, 0.1) is 0 Å². The van der Waals surface area contributed by atoms with E-state index in [1.807, 2.05) is 6.08 Å². The second-order valence-corrected chi connectivity index (χ2v) is 9.50. The van der Waals surface area contributed by atoms with Gasteiger partial charge in [0.2, 0.25) is 0 Å². The van der Waals surface area contributed by atoms with Crippen LogP contribution >= 0.6 is 0 Å². The summed E-state index contributed by atoms with van der Waals surface area (Å²) in [6.45, 7) is 14.6. The Morgan fingerprint density at radius 1 is 0.971 bits per heavy atom. The van der Waals surface area contributed by atoms with Crippen LogP contribution in [0, 0.1) is 11.8 Å². The van der Waals surface area contributed by atoms with Crippen LogP contribution in [0.25, 0.3) is 0 Å². The highest BCUT2D eigenvalue weighted by atomic mass is 14.9. The fourth-order valence-corrected chi connectivity index (χ4v) is 4.53. The Hall–Kier alpha value is -2.84. The summed E-state index contributed by atoms with van der Waals surface area (Å²) in [4.78, 5) is 0. The fourth-order valence-electron chi connectivity index (χ4n) is 4.53.